The summed E-state index contributed by atoms with van der Waals surface area (Å²) in [5.74, 6) is 0.696. The number of piperidine rings is 2. The Morgan fingerprint density at radius 3 is 2.44 bits per heavy atom. The molecule has 1 atom stereocenters. The minimum Gasteiger partial charge on any atom is -0.361 e. The van der Waals surface area contributed by atoms with Gasteiger partial charge in [-0.1, -0.05) is 53.7 Å². The average molecular weight is 642 g/mol. The van der Waals surface area contributed by atoms with E-state index in [1.165, 1.54) is 16.8 Å². The maximum atomic E-state index is 12.5. The van der Waals surface area contributed by atoms with Crippen molar-refractivity contribution in [3.8, 4) is 17.2 Å². The third-order valence-electron chi connectivity index (χ3n) is 10.7. The molecule has 2 aliphatic heterocycles. The minimum absolute atomic E-state index is 0.181. The van der Waals surface area contributed by atoms with Crippen molar-refractivity contribution in [3.63, 3.8) is 0 Å². The number of rotatable bonds is 9. The van der Waals surface area contributed by atoms with Crippen LogP contribution in [0.5, 0.6) is 0 Å². The Kier molecular flexibility index (Phi) is 8.65. The van der Waals surface area contributed by atoms with E-state index in [0.29, 0.717) is 18.8 Å². The molecule has 8 heteroatoms. The third-order valence-corrected chi connectivity index (χ3v) is 10.7. The second-order valence-corrected chi connectivity index (χ2v) is 14.0. The van der Waals surface area contributed by atoms with Gasteiger partial charge in [-0.2, -0.15) is 5.26 Å². The van der Waals surface area contributed by atoms with Gasteiger partial charge >= 0.3 is 0 Å². The summed E-state index contributed by atoms with van der Waals surface area (Å²) in [5, 5.41) is 16.5. The van der Waals surface area contributed by atoms with E-state index in [1.807, 2.05) is 26.0 Å². The first kappa shape index (κ1) is 31.8. The number of hydrogen-bond acceptors (Lipinski definition) is 7. The van der Waals surface area contributed by atoms with Gasteiger partial charge in [-0.3, -0.25) is 19.8 Å². The van der Waals surface area contributed by atoms with Gasteiger partial charge in [0.15, 0.2) is 0 Å². The molecule has 1 N–H and O–H groups in total. The molecule has 2 saturated heterocycles. The molecule has 2 amide bonds. The summed E-state index contributed by atoms with van der Waals surface area (Å²) in [6.45, 7) is 9.88. The van der Waals surface area contributed by atoms with Crippen LogP contribution >= 0.6 is 0 Å². The fourth-order valence-electron chi connectivity index (χ4n) is 7.61. The normalized spacial score (nSPS) is 19.5. The maximum Gasteiger partial charge on any atom is 0.234 e. The molecule has 0 spiro atoms. The smallest absolute Gasteiger partial charge is 0.234 e. The van der Waals surface area contributed by atoms with Crippen molar-refractivity contribution < 1.29 is 14.1 Å². The van der Waals surface area contributed by atoms with Crippen molar-refractivity contribution in [2.24, 2.45) is 5.92 Å². The fraction of sp³-hybridized carbons (Fsp3) is 0.400. The Labute approximate surface area is 282 Å². The molecule has 246 valence electrons. The van der Waals surface area contributed by atoms with Crippen LogP contribution in [0.3, 0.4) is 0 Å². The Hall–Kier alpha value is -4.74. The number of likely N-dealkylation sites (tertiary alicyclic amines) is 1. The molecular weight excluding hydrogens is 598 g/mol. The molecule has 8 nitrogen and oxygen atoms in total. The van der Waals surface area contributed by atoms with Gasteiger partial charge in [-0.05, 0) is 118 Å². The van der Waals surface area contributed by atoms with Gasteiger partial charge in [0.1, 0.15) is 5.76 Å². The van der Waals surface area contributed by atoms with Gasteiger partial charge in [0.05, 0.1) is 23.1 Å². The largest absolute Gasteiger partial charge is 0.361 e. The summed E-state index contributed by atoms with van der Waals surface area (Å²) in [6.07, 6.45) is 5.00. The quantitative estimate of drug-likeness (QED) is 0.190. The molecule has 3 aliphatic rings. The zero-order chi connectivity index (χ0) is 33.4. The highest BCUT2D eigenvalue weighted by Crippen LogP contribution is 2.48. The zero-order valence-corrected chi connectivity index (χ0v) is 28.1. The van der Waals surface area contributed by atoms with E-state index >= 15 is 0 Å². The predicted molar refractivity (Wildman–Crippen MR) is 186 cm³/mol. The fourth-order valence-corrected chi connectivity index (χ4v) is 7.61. The lowest BCUT2D eigenvalue weighted by Crippen LogP contribution is -2.39. The van der Waals surface area contributed by atoms with Gasteiger partial charge in [-0.15, -0.1) is 0 Å². The average Bonchev–Trinajstić information content (AvgIpc) is 3.82. The van der Waals surface area contributed by atoms with Crippen molar-refractivity contribution in [2.45, 2.75) is 77.2 Å². The van der Waals surface area contributed by atoms with E-state index < -0.39 is 0 Å². The number of amides is 2. The number of nitriles is 1. The highest BCUT2D eigenvalue weighted by molar-refractivity contribution is 6.00. The van der Waals surface area contributed by atoms with Crippen LogP contribution in [0.1, 0.15) is 78.2 Å². The predicted octanol–water partition coefficient (Wildman–Crippen LogP) is 7.39. The molecule has 1 saturated carbocycles. The maximum absolute atomic E-state index is 12.5. The zero-order valence-electron chi connectivity index (χ0n) is 28.1. The van der Waals surface area contributed by atoms with Crippen LogP contribution in [0.2, 0.25) is 0 Å². The van der Waals surface area contributed by atoms with Gasteiger partial charge in [0.2, 0.25) is 11.8 Å². The first-order valence-corrected chi connectivity index (χ1v) is 17.2. The number of nitrogens with one attached hydrogen (secondary N) is 1. The number of carbonyl (C=O) groups excluding carboxylic acids is 2. The third kappa shape index (κ3) is 6.40. The Morgan fingerprint density at radius 2 is 1.77 bits per heavy atom. The first-order chi connectivity index (χ1) is 23.2. The van der Waals surface area contributed by atoms with Gasteiger partial charge < -0.3 is 9.42 Å². The topological polar surface area (TPSA) is 102 Å². The molecule has 0 bridgehead atoms. The number of imide groups is 1. The molecule has 1 unspecified atom stereocenters. The number of anilines is 2. The van der Waals surface area contributed by atoms with Crippen LogP contribution in [-0.2, 0) is 21.5 Å². The number of aromatic nitrogens is 1. The van der Waals surface area contributed by atoms with Crippen molar-refractivity contribution in [1.82, 2.24) is 15.4 Å². The SMILES string of the molecule is Cc1ccc(-c2c(C)noc2C)cc1N(CC1CCN(Cc2cccc(C3CCC(=O)NC3=O)c2)CC1)c1ccc(C2(C#N)CC2)cc1. The second-order valence-electron chi connectivity index (χ2n) is 14.0. The van der Waals surface area contributed by atoms with Crippen molar-refractivity contribution >= 4 is 23.2 Å². The van der Waals surface area contributed by atoms with E-state index in [9.17, 15) is 14.9 Å². The van der Waals surface area contributed by atoms with Crippen LogP contribution in [0.15, 0.2) is 71.3 Å². The van der Waals surface area contributed by atoms with Crippen molar-refractivity contribution in [2.75, 3.05) is 24.5 Å². The number of hydrogen-bond donors (Lipinski definition) is 1. The molecule has 1 aromatic heterocycles. The molecule has 7 rings (SSSR count). The van der Waals surface area contributed by atoms with E-state index in [-0.39, 0.29) is 23.1 Å². The lowest BCUT2D eigenvalue weighted by molar-refractivity contribution is -0.134. The molecule has 0 radical (unpaired) electrons. The molecule has 1 aliphatic carbocycles. The van der Waals surface area contributed by atoms with Crippen LogP contribution in [0.4, 0.5) is 11.4 Å². The van der Waals surface area contributed by atoms with Crippen LogP contribution in [0, 0.1) is 38.0 Å². The van der Waals surface area contributed by atoms with E-state index in [2.05, 4.69) is 87.9 Å². The number of nitrogens with zero attached hydrogens (tertiary/aromatic N) is 4. The monoisotopic (exact) mass is 641 g/mol. The summed E-state index contributed by atoms with van der Waals surface area (Å²) < 4.78 is 5.52. The Morgan fingerprint density at radius 1 is 1.00 bits per heavy atom. The van der Waals surface area contributed by atoms with E-state index in [0.717, 1.165) is 91.3 Å². The van der Waals surface area contributed by atoms with Gasteiger partial charge in [0, 0.05) is 36.4 Å². The van der Waals surface area contributed by atoms with Crippen molar-refractivity contribution in [1.29, 1.82) is 5.26 Å². The molecule has 3 fully saturated rings. The molecule has 4 aromatic rings. The minimum atomic E-state index is -0.309. The summed E-state index contributed by atoms with van der Waals surface area (Å²) in [5.41, 5.74) is 9.56. The summed E-state index contributed by atoms with van der Waals surface area (Å²) in [6, 6.07) is 26.2. The Bertz CT molecular complexity index is 1860. The Balaban J connectivity index is 1.09. The van der Waals surface area contributed by atoms with Crippen LogP contribution in [0.25, 0.3) is 11.1 Å². The highest BCUT2D eigenvalue weighted by Gasteiger charge is 2.44. The number of carbonyl (C=O) groups is 2. The summed E-state index contributed by atoms with van der Waals surface area (Å²) in [7, 11) is 0. The number of benzene rings is 3. The lowest BCUT2D eigenvalue weighted by atomic mass is 9.89. The highest BCUT2D eigenvalue weighted by atomic mass is 16.5. The van der Waals surface area contributed by atoms with Crippen molar-refractivity contribution in [3.05, 3.63) is 100 Å². The van der Waals surface area contributed by atoms with E-state index in [4.69, 9.17) is 4.52 Å². The van der Waals surface area contributed by atoms with Crippen LogP contribution < -0.4 is 10.2 Å². The molecule has 3 aromatic carbocycles. The standard InChI is InChI=1S/C40H43N5O3/c1-26-7-8-32(38-27(2)43-48-28(38)3)22-36(26)45(34-11-9-33(10-12-34)40(25-41)17-18-40)24-29-15-19-44(20-16-29)23-30-5-4-6-31(21-30)35-13-14-37(46)42-39(35)47/h4-12,21-22,29,35H,13-20,23-24H2,1-3H3,(H,42,46,47). The summed E-state index contributed by atoms with van der Waals surface area (Å²) >= 11 is 0. The van der Waals surface area contributed by atoms with Gasteiger partial charge in [-0.25, -0.2) is 0 Å². The lowest BCUT2D eigenvalue weighted by Gasteiger charge is -2.36. The van der Waals surface area contributed by atoms with E-state index in [1.54, 1.807) is 0 Å². The molecular formula is C40H43N5O3. The first-order valence-electron chi connectivity index (χ1n) is 17.2. The number of aryl methyl sites for hydroxylation is 3. The summed E-state index contributed by atoms with van der Waals surface area (Å²) in [4.78, 5) is 29.1. The second kappa shape index (κ2) is 13.0. The van der Waals surface area contributed by atoms with Gasteiger partial charge in [0.25, 0.3) is 0 Å². The molecule has 3 heterocycles. The molecule has 48 heavy (non-hydrogen) atoms. The van der Waals surface area contributed by atoms with Crippen LogP contribution in [-0.4, -0.2) is 41.5 Å².